The van der Waals surface area contributed by atoms with Crippen molar-refractivity contribution in [1.29, 1.82) is 0 Å². The lowest BCUT2D eigenvalue weighted by Gasteiger charge is -2.23. The second-order valence-corrected chi connectivity index (χ2v) is 6.10. The molecule has 2 aromatic carbocycles. The van der Waals surface area contributed by atoms with Crippen LogP contribution in [0.3, 0.4) is 0 Å². The summed E-state index contributed by atoms with van der Waals surface area (Å²) in [5.74, 6) is 0.756. The van der Waals surface area contributed by atoms with Gasteiger partial charge in [-0.15, -0.1) is 0 Å². The van der Waals surface area contributed by atoms with Crippen molar-refractivity contribution in [3.05, 3.63) is 47.5 Å². The molecule has 108 valence electrons. The third-order valence-corrected chi connectivity index (χ3v) is 4.02. The van der Waals surface area contributed by atoms with Gasteiger partial charge >= 0.3 is 0 Å². The van der Waals surface area contributed by atoms with Crippen LogP contribution in [0.1, 0.15) is 50.8 Å². The molecular weight excluding hydrogens is 242 g/mol. The number of hydrogen-bond donors (Lipinski definition) is 1. The second kappa shape index (κ2) is 6.90. The molecule has 1 atom stereocenters. The Kier molecular flexibility index (Phi) is 5.19. The maximum Gasteiger partial charge on any atom is 0.0329 e. The summed E-state index contributed by atoms with van der Waals surface area (Å²) in [5.41, 5.74) is 2.89. The van der Waals surface area contributed by atoms with Crippen molar-refractivity contribution >= 4 is 10.8 Å². The molecule has 0 heterocycles. The van der Waals surface area contributed by atoms with Gasteiger partial charge in [0.25, 0.3) is 0 Å². The van der Waals surface area contributed by atoms with Crippen LogP contribution >= 0.6 is 0 Å². The van der Waals surface area contributed by atoms with E-state index in [0.29, 0.717) is 6.04 Å². The standard InChI is InChI=1S/C19H27N/c1-5-20-18(13-10-14(2)3)19-15(4)11-12-16-8-6-7-9-17(16)19/h6-9,11-12,14,18,20H,5,10,13H2,1-4H3. The lowest BCUT2D eigenvalue weighted by molar-refractivity contribution is 0.449. The molecule has 2 aromatic rings. The fraction of sp³-hybridized carbons (Fsp3) is 0.474. The molecule has 0 amide bonds. The van der Waals surface area contributed by atoms with Crippen LogP contribution in [-0.2, 0) is 0 Å². The second-order valence-electron chi connectivity index (χ2n) is 6.10. The topological polar surface area (TPSA) is 12.0 Å². The zero-order chi connectivity index (χ0) is 14.5. The Hall–Kier alpha value is -1.34. The van der Waals surface area contributed by atoms with Crippen LogP contribution in [0.25, 0.3) is 10.8 Å². The molecular formula is C19H27N. The van der Waals surface area contributed by atoms with Crippen molar-refractivity contribution in [3.63, 3.8) is 0 Å². The van der Waals surface area contributed by atoms with Crippen LogP contribution in [0.15, 0.2) is 36.4 Å². The first-order chi connectivity index (χ1) is 9.63. The van der Waals surface area contributed by atoms with Crippen LogP contribution in [0, 0.1) is 12.8 Å². The molecule has 1 nitrogen and oxygen atoms in total. The summed E-state index contributed by atoms with van der Waals surface area (Å²) in [6.45, 7) is 10.1. The molecule has 0 fully saturated rings. The fourth-order valence-corrected chi connectivity index (χ4v) is 2.96. The highest BCUT2D eigenvalue weighted by Crippen LogP contribution is 2.31. The molecule has 20 heavy (non-hydrogen) atoms. The first kappa shape index (κ1) is 15.1. The first-order valence-corrected chi connectivity index (χ1v) is 7.85. The molecule has 1 N–H and O–H groups in total. The van der Waals surface area contributed by atoms with E-state index in [2.05, 4.69) is 69.4 Å². The van der Waals surface area contributed by atoms with Crippen LogP contribution in [-0.4, -0.2) is 6.54 Å². The molecule has 0 aliphatic carbocycles. The Bertz CT molecular complexity index is 557. The summed E-state index contributed by atoms with van der Waals surface area (Å²) in [6.07, 6.45) is 2.47. The van der Waals surface area contributed by atoms with Gasteiger partial charge in [-0.1, -0.05) is 57.2 Å². The summed E-state index contributed by atoms with van der Waals surface area (Å²) in [7, 11) is 0. The zero-order valence-electron chi connectivity index (χ0n) is 13.2. The zero-order valence-corrected chi connectivity index (χ0v) is 13.2. The lowest BCUT2D eigenvalue weighted by Crippen LogP contribution is -2.22. The van der Waals surface area contributed by atoms with Gasteiger partial charge in [0, 0.05) is 6.04 Å². The Morgan fingerprint density at radius 1 is 1.00 bits per heavy atom. The van der Waals surface area contributed by atoms with E-state index in [1.54, 1.807) is 0 Å². The maximum absolute atomic E-state index is 3.69. The number of fused-ring (bicyclic) bond motifs is 1. The SMILES string of the molecule is CCNC(CCC(C)C)c1c(C)ccc2ccccc12. The summed E-state index contributed by atoms with van der Waals surface area (Å²) >= 11 is 0. The molecule has 0 radical (unpaired) electrons. The molecule has 0 spiro atoms. The summed E-state index contributed by atoms with van der Waals surface area (Å²) in [6, 6.07) is 13.7. The van der Waals surface area contributed by atoms with Gasteiger partial charge in [-0.3, -0.25) is 0 Å². The maximum atomic E-state index is 3.69. The van der Waals surface area contributed by atoms with Gasteiger partial charge in [0.1, 0.15) is 0 Å². The number of rotatable bonds is 6. The van der Waals surface area contributed by atoms with Crippen molar-refractivity contribution in [2.75, 3.05) is 6.54 Å². The highest BCUT2D eigenvalue weighted by atomic mass is 14.9. The lowest BCUT2D eigenvalue weighted by atomic mass is 9.90. The van der Waals surface area contributed by atoms with E-state index < -0.39 is 0 Å². The number of hydrogen-bond acceptors (Lipinski definition) is 1. The van der Waals surface area contributed by atoms with Crippen LogP contribution in [0.5, 0.6) is 0 Å². The number of benzene rings is 2. The van der Waals surface area contributed by atoms with Gasteiger partial charge < -0.3 is 5.32 Å². The molecule has 1 unspecified atom stereocenters. The summed E-state index contributed by atoms with van der Waals surface area (Å²) in [4.78, 5) is 0. The predicted octanol–water partition coefficient (Wildman–Crippen LogP) is 5.24. The summed E-state index contributed by atoms with van der Waals surface area (Å²) < 4.78 is 0. The van der Waals surface area contributed by atoms with Gasteiger partial charge in [-0.05, 0) is 54.1 Å². The quantitative estimate of drug-likeness (QED) is 0.756. The van der Waals surface area contributed by atoms with Crippen molar-refractivity contribution < 1.29 is 0 Å². The largest absolute Gasteiger partial charge is 0.310 e. The van der Waals surface area contributed by atoms with Crippen LogP contribution in [0.2, 0.25) is 0 Å². The Balaban J connectivity index is 2.43. The summed E-state index contributed by atoms with van der Waals surface area (Å²) in [5, 5.41) is 6.44. The minimum Gasteiger partial charge on any atom is -0.310 e. The van der Waals surface area contributed by atoms with E-state index >= 15 is 0 Å². The minimum absolute atomic E-state index is 0.466. The monoisotopic (exact) mass is 269 g/mol. The van der Waals surface area contributed by atoms with E-state index in [1.165, 1.54) is 34.7 Å². The third kappa shape index (κ3) is 3.40. The van der Waals surface area contributed by atoms with Crippen molar-refractivity contribution in [2.45, 2.75) is 46.6 Å². The minimum atomic E-state index is 0.466. The van der Waals surface area contributed by atoms with Crippen LogP contribution < -0.4 is 5.32 Å². The van der Waals surface area contributed by atoms with E-state index in [4.69, 9.17) is 0 Å². The highest BCUT2D eigenvalue weighted by molar-refractivity contribution is 5.87. The van der Waals surface area contributed by atoms with Gasteiger partial charge in [0.2, 0.25) is 0 Å². The molecule has 0 aliphatic rings. The number of aryl methyl sites for hydroxylation is 1. The van der Waals surface area contributed by atoms with Gasteiger partial charge in [-0.25, -0.2) is 0 Å². The van der Waals surface area contributed by atoms with E-state index in [-0.39, 0.29) is 0 Å². The van der Waals surface area contributed by atoms with Gasteiger partial charge in [-0.2, -0.15) is 0 Å². The van der Waals surface area contributed by atoms with Crippen molar-refractivity contribution in [3.8, 4) is 0 Å². The normalized spacial score (nSPS) is 13.1. The van der Waals surface area contributed by atoms with Gasteiger partial charge in [0.15, 0.2) is 0 Å². The van der Waals surface area contributed by atoms with Crippen molar-refractivity contribution in [1.82, 2.24) is 5.32 Å². The Morgan fingerprint density at radius 2 is 1.75 bits per heavy atom. The Labute approximate surface area is 123 Å². The van der Waals surface area contributed by atoms with E-state index in [1.807, 2.05) is 0 Å². The molecule has 2 rings (SSSR count). The molecule has 1 heteroatoms. The fourth-order valence-electron chi connectivity index (χ4n) is 2.96. The number of nitrogens with one attached hydrogen (secondary N) is 1. The van der Waals surface area contributed by atoms with Crippen LogP contribution in [0.4, 0.5) is 0 Å². The third-order valence-electron chi connectivity index (χ3n) is 4.02. The van der Waals surface area contributed by atoms with E-state index in [0.717, 1.165) is 12.5 Å². The molecule has 0 saturated carbocycles. The van der Waals surface area contributed by atoms with Crippen molar-refractivity contribution in [2.24, 2.45) is 5.92 Å². The highest BCUT2D eigenvalue weighted by Gasteiger charge is 2.16. The molecule has 0 aliphatic heterocycles. The Morgan fingerprint density at radius 3 is 2.45 bits per heavy atom. The molecule has 0 aromatic heterocycles. The average Bonchev–Trinajstić information content (AvgIpc) is 2.44. The first-order valence-electron chi connectivity index (χ1n) is 7.85. The van der Waals surface area contributed by atoms with Gasteiger partial charge in [0.05, 0.1) is 0 Å². The molecule has 0 saturated heterocycles. The average molecular weight is 269 g/mol. The molecule has 0 bridgehead atoms. The van der Waals surface area contributed by atoms with E-state index in [9.17, 15) is 0 Å². The smallest absolute Gasteiger partial charge is 0.0329 e. The predicted molar refractivity (Wildman–Crippen MR) is 89.2 cm³/mol.